The lowest BCUT2D eigenvalue weighted by atomic mass is 10.1. The van der Waals surface area contributed by atoms with E-state index in [0.717, 1.165) is 33.0 Å². The lowest BCUT2D eigenvalue weighted by Gasteiger charge is -2.15. The average Bonchev–Trinajstić information content (AvgIpc) is 2.86. The average molecular weight is 283 g/mol. The van der Waals surface area contributed by atoms with Crippen molar-refractivity contribution in [2.45, 2.75) is 26.8 Å². The van der Waals surface area contributed by atoms with E-state index < -0.39 is 0 Å². The topological polar surface area (TPSA) is 37.8 Å². The highest BCUT2D eigenvalue weighted by molar-refractivity contribution is 7.09. The first kappa shape index (κ1) is 13.1. The number of pyridine rings is 1. The number of aromatic nitrogens is 2. The third-order valence-corrected chi connectivity index (χ3v) is 4.10. The molecule has 0 radical (unpaired) electrons. The van der Waals surface area contributed by atoms with Gasteiger partial charge in [-0.05, 0) is 32.9 Å². The van der Waals surface area contributed by atoms with Crippen LogP contribution in [0, 0.1) is 13.8 Å². The van der Waals surface area contributed by atoms with Crippen LogP contribution in [-0.4, -0.2) is 9.97 Å². The van der Waals surface area contributed by atoms with Gasteiger partial charge in [0.2, 0.25) is 0 Å². The number of nitrogens with zero attached hydrogens (tertiary/aromatic N) is 2. The maximum atomic E-state index is 4.65. The van der Waals surface area contributed by atoms with Crippen molar-refractivity contribution < 1.29 is 0 Å². The van der Waals surface area contributed by atoms with Gasteiger partial charge in [-0.1, -0.05) is 18.2 Å². The molecule has 3 rings (SSSR count). The third-order valence-electron chi connectivity index (χ3n) is 3.31. The van der Waals surface area contributed by atoms with Crippen LogP contribution in [0.5, 0.6) is 0 Å². The summed E-state index contributed by atoms with van der Waals surface area (Å²) in [5, 5.41) is 7.88. The van der Waals surface area contributed by atoms with Crippen LogP contribution in [0.25, 0.3) is 10.9 Å². The molecule has 1 N–H and O–H groups in total. The minimum Gasteiger partial charge on any atom is -0.375 e. The molecular formula is C16H17N3S. The Morgan fingerprint density at radius 2 is 1.95 bits per heavy atom. The molecule has 1 unspecified atom stereocenters. The van der Waals surface area contributed by atoms with Crippen molar-refractivity contribution in [1.29, 1.82) is 0 Å². The summed E-state index contributed by atoms with van der Waals surface area (Å²) >= 11 is 1.68. The Kier molecular flexibility index (Phi) is 3.40. The monoisotopic (exact) mass is 283 g/mol. The summed E-state index contributed by atoms with van der Waals surface area (Å²) in [4.78, 5) is 9.19. The first-order valence-electron chi connectivity index (χ1n) is 6.68. The fourth-order valence-corrected chi connectivity index (χ4v) is 2.95. The second kappa shape index (κ2) is 5.21. The van der Waals surface area contributed by atoms with Gasteiger partial charge in [-0.2, -0.15) is 0 Å². The summed E-state index contributed by atoms with van der Waals surface area (Å²) in [7, 11) is 0. The van der Waals surface area contributed by atoms with Crippen LogP contribution in [-0.2, 0) is 0 Å². The van der Waals surface area contributed by atoms with Crippen molar-refractivity contribution in [1.82, 2.24) is 9.97 Å². The maximum absolute atomic E-state index is 4.65. The van der Waals surface area contributed by atoms with Crippen LogP contribution in [0.3, 0.4) is 0 Å². The minimum absolute atomic E-state index is 0.174. The molecule has 2 heterocycles. The zero-order valence-corrected chi connectivity index (χ0v) is 12.7. The molecule has 3 nitrogen and oxygen atoms in total. The standard InChI is InChI=1S/C16H17N3S/c1-10-7-8-13-5-4-6-14(16(13)17-10)18-11(2)15-9-20-12(3)19-15/h4-9,11,18H,1-3H3. The molecule has 2 aromatic heterocycles. The molecule has 0 saturated heterocycles. The highest BCUT2D eigenvalue weighted by Crippen LogP contribution is 2.26. The number of anilines is 1. The van der Waals surface area contributed by atoms with Crippen molar-refractivity contribution in [3.63, 3.8) is 0 Å². The van der Waals surface area contributed by atoms with Gasteiger partial charge in [-0.3, -0.25) is 4.98 Å². The molecule has 1 aromatic carbocycles. The van der Waals surface area contributed by atoms with Crippen LogP contribution in [0.1, 0.15) is 29.4 Å². The van der Waals surface area contributed by atoms with Gasteiger partial charge in [-0.25, -0.2) is 4.98 Å². The first-order chi connectivity index (χ1) is 9.63. The van der Waals surface area contributed by atoms with E-state index in [1.807, 2.05) is 19.9 Å². The summed E-state index contributed by atoms with van der Waals surface area (Å²) in [5.41, 5.74) is 4.19. The molecule has 102 valence electrons. The lowest BCUT2D eigenvalue weighted by molar-refractivity contribution is 0.846. The van der Waals surface area contributed by atoms with Crippen LogP contribution in [0.2, 0.25) is 0 Å². The summed E-state index contributed by atoms with van der Waals surface area (Å²) in [6, 6.07) is 10.5. The van der Waals surface area contributed by atoms with Crippen LogP contribution >= 0.6 is 11.3 Å². The van der Waals surface area contributed by atoms with Gasteiger partial charge in [0.25, 0.3) is 0 Å². The number of aryl methyl sites for hydroxylation is 2. The van der Waals surface area contributed by atoms with Crippen LogP contribution < -0.4 is 5.32 Å². The Balaban J connectivity index is 1.96. The van der Waals surface area contributed by atoms with E-state index in [2.05, 4.69) is 51.9 Å². The Labute approximate surface area is 122 Å². The lowest BCUT2D eigenvalue weighted by Crippen LogP contribution is -2.07. The Morgan fingerprint density at radius 1 is 1.10 bits per heavy atom. The highest BCUT2D eigenvalue weighted by atomic mass is 32.1. The molecule has 0 aliphatic heterocycles. The number of rotatable bonds is 3. The van der Waals surface area contributed by atoms with Gasteiger partial charge in [0.15, 0.2) is 0 Å². The fraction of sp³-hybridized carbons (Fsp3) is 0.250. The largest absolute Gasteiger partial charge is 0.375 e. The zero-order valence-electron chi connectivity index (χ0n) is 11.8. The molecule has 3 aromatic rings. The van der Waals surface area contributed by atoms with Gasteiger partial charge >= 0.3 is 0 Å². The van der Waals surface area contributed by atoms with E-state index in [1.54, 1.807) is 11.3 Å². The molecule has 0 amide bonds. The molecule has 0 fully saturated rings. The Hall–Kier alpha value is -1.94. The van der Waals surface area contributed by atoms with Crippen LogP contribution in [0.15, 0.2) is 35.7 Å². The summed E-state index contributed by atoms with van der Waals surface area (Å²) in [6.07, 6.45) is 0. The normalized spacial score (nSPS) is 12.6. The van der Waals surface area contributed by atoms with E-state index in [1.165, 1.54) is 0 Å². The van der Waals surface area contributed by atoms with E-state index in [4.69, 9.17) is 0 Å². The quantitative estimate of drug-likeness (QED) is 0.770. The molecule has 1 atom stereocenters. The minimum atomic E-state index is 0.174. The number of fused-ring (bicyclic) bond motifs is 1. The van der Waals surface area contributed by atoms with Crippen molar-refractivity contribution >= 4 is 27.9 Å². The van der Waals surface area contributed by atoms with Crippen molar-refractivity contribution in [3.8, 4) is 0 Å². The van der Waals surface area contributed by atoms with E-state index in [9.17, 15) is 0 Å². The summed E-state index contributed by atoms with van der Waals surface area (Å²) in [6.45, 7) is 6.18. The molecule has 20 heavy (non-hydrogen) atoms. The van der Waals surface area contributed by atoms with Crippen molar-refractivity contribution in [2.75, 3.05) is 5.32 Å². The van der Waals surface area contributed by atoms with Crippen LogP contribution in [0.4, 0.5) is 5.69 Å². The number of hydrogen-bond acceptors (Lipinski definition) is 4. The van der Waals surface area contributed by atoms with Gasteiger partial charge in [-0.15, -0.1) is 11.3 Å². The van der Waals surface area contributed by atoms with Gasteiger partial charge in [0.1, 0.15) is 0 Å². The van der Waals surface area contributed by atoms with E-state index in [-0.39, 0.29) is 6.04 Å². The number of para-hydroxylation sites is 1. The molecule has 0 aliphatic carbocycles. The fourth-order valence-electron chi connectivity index (χ4n) is 2.25. The summed E-state index contributed by atoms with van der Waals surface area (Å²) < 4.78 is 0. The number of nitrogens with one attached hydrogen (secondary N) is 1. The number of thiazole rings is 1. The zero-order chi connectivity index (χ0) is 14.1. The Morgan fingerprint density at radius 3 is 2.70 bits per heavy atom. The van der Waals surface area contributed by atoms with Crippen molar-refractivity contribution in [3.05, 3.63) is 52.1 Å². The molecule has 0 bridgehead atoms. The third kappa shape index (κ3) is 2.51. The molecule has 0 saturated carbocycles. The van der Waals surface area contributed by atoms with Gasteiger partial charge in [0.05, 0.1) is 27.9 Å². The van der Waals surface area contributed by atoms with E-state index >= 15 is 0 Å². The number of hydrogen-bond donors (Lipinski definition) is 1. The SMILES string of the molecule is Cc1ccc2cccc(NC(C)c3csc(C)n3)c2n1. The highest BCUT2D eigenvalue weighted by Gasteiger charge is 2.11. The molecule has 0 aliphatic rings. The molecule has 4 heteroatoms. The maximum Gasteiger partial charge on any atom is 0.0936 e. The van der Waals surface area contributed by atoms with Crippen molar-refractivity contribution in [2.24, 2.45) is 0 Å². The predicted octanol–water partition coefficient (Wildman–Crippen LogP) is 4.48. The first-order valence-corrected chi connectivity index (χ1v) is 7.56. The second-order valence-corrected chi connectivity index (χ2v) is 6.05. The Bertz CT molecular complexity index is 748. The van der Waals surface area contributed by atoms with Gasteiger partial charge < -0.3 is 5.32 Å². The van der Waals surface area contributed by atoms with Gasteiger partial charge in [0, 0.05) is 16.5 Å². The number of benzene rings is 1. The molecule has 0 spiro atoms. The molecular weight excluding hydrogens is 266 g/mol. The summed E-state index contributed by atoms with van der Waals surface area (Å²) in [5.74, 6) is 0. The predicted molar refractivity (Wildman–Crippen MR) is 85.4 cm³/mol. The second-order valence-electron chi connectivity index (χ2n) is 4.99. The smallest absolute Gasteiger partial charge is 0.0936 e. The van der Waals surface area contributed by atoms with E-state index in [0.29, 0.717) is 0 Å².